The van der Waals surface area contributed by atoms with Crippen molar-refractivity contribution < 1.29 is 8.83 Å². The first-order valence-electron chi connectivity index (χ1n) is 15.3. The van der Waals surface area contributed by atoms with Crippen molar-refractivity contribution in [2.75, 3.05) is 0 Å². The molecule has 0 N–H and O–H groups in total. The lowest BCUT2D eigenvalue weighted by atomic mass is 9.98. The Morgan fingerprint density at radius 1 is 0.356 bits per heavy atom. The Bertz CT molecular complexity index is 2710. The highest BCUT2D eigenvalue weighted by atomic mass is 16.3. The molecule has 0 radical (unpaired) electrons. The number of furan rings is 2. The third-order valence-corrected chi connectivity index (χ3v) is 9.19. The van der Waals surface area contributed by atoms with Gasteiger partial charge >= 0.3 is 0 Å². The van der Waals surface area contributed by atoms with Gasteiger partial charge in [0.2, 0.25) is 0 Å². The van der Waals surface area contributed by atoms with Crippen LogP contribution in [0.15, 0.2) is 160 Å². The number of rotatable bonds is 3. The van der Waals surface area contributed by atoms with Crippen LogP contribution < -0.4 is 0 Å². The van der Waals surface area contributed by atoms with Gasteiger partial charge in [-0.3, -0.25) is 0 Å². The Hall–Kier alpha value is -6.06. The van der Waals surface area contributed by atoms with Crippen LogP contribution in [-0.2, 0) is 0 Å². The minimum Gasteiger partial charge on any atom is -0.456 e. The molecule has 45 heavy (non-hydrogen) atoms. The summed E-state index contributed by atoms with van der Waals surface area (Å²) >= 11 is 0. The van der Waals surface area contributed by atoms with Crippen LogP contribution in [0.25, 0.3) is 93.6 Å². The van der Waals surface area contributed by atoms with Crippen LogP contribution in [0.5, 0.6) is 0 Å². The van der Waals surface area contributed by atoms with Gasteiger partial charge in [-0.2, -0.15) is 0 Å². The van der Waals surface area contributed by atoms with Crippen molar-refractivity contribution >= 4 is 65.7 Å². The Morgan fingerprint density at radius 2 is 0.978 bits per heavy atom. The average Bonchev–Trinajstić information content (AvgIpc) is 3.77. The van der Waals surface area contributed by atoms with Crippen molar-refractivity contribution in [1.82, 2.24) is 4.57 Å². The molecule has 0 aliphatic rings. The molecule has 0 fully saturated rings. The second-order valence-electron chi connectivity index (χ2n) is 11.7. The molecule has 210 valence electrons. The summed E-state index contributed by atoms with van der Waals surface area (Å²) < 4.78 is 15.3. The molecule has 0 bridgehead atoms. The van der Waals surface area contributed by atoms with Gasteiger partial charge in [0.1, 0.15) is 22.3 Å². The van der Waals surface area contributed by atoms with E-state index >= 15 is 0 Å². The third kappa shape index (κ3) is 3.58. The molecule has 0 saturated carbocycles. The van der Waals surface area contributed by atoms with Gasteiger partial charge in [0, 0.05) is 32.6 Å². The molecule has 0 aliphatic carbocycles. The van der Waals surface area contributed by atoms with Gasteiger partial charge in [0.25, 0.3) is 0 Å². The van der Waals surface area contributed by atoms with E-state index in [1.807, 2.05) is 0 Å². The van der Waals surface area contributed by atoms with Gasteiger partial charge in [-0.1, -0.05) is 91.0 Å². The van der Waals surface area contributed by atoms with Gasteiger partial charge in [-0.05, 0) is 82.9 Å². The minimum atomic E-state index is 0.828. The standard InChI is InChI=1S/C42H25NO2/c1-2-9-26(10-3-1)27-11-8-12-28(23-27)29-17-20-39-35(24-29)41-40(44-39)22-19-33-34-25-30(18-21-38(34)45-42(33)41)43-36-15-6-4-13-31(36)32-14-5-7-16-37(32)43/h1-25H. The topological polar surface area (TPSA) is 31.2 Å². The fraction of sp³-hybridized carbons (Fsp3) is 0. The predicted molar refractivity (Wildman–Crippen MR) is 186 cm³/mol. The molecular weight excluding hydrogens is 550 g/mol. The molecule has 0 aliphatic heterocycles. The van der Waals surface area contributed by atoms with Gasteiger partial charge < -0.3 is 13.4 Å². The first-order valence-corrected chi connectivity index (χ1v) is 15.3. The molecular formula is C42H25NO2. The van der Waals surface area contributed by atoms with Crippen molar-refractivity contribution in [1.29, 1.82) is 0 Å². The summed E-state index contributed by atoms with van der Waals surface area (Å²) in [7, 11) is 0. The van der Waals surface area contributed by atoms with E-state index in [0.29, 0.717) is 0 Å². The Labute approximate surface area is 258 Å². The van der Waals surface area contributed by atoms with E-state index in [9.17, 15) is 0 Å². The molecule has 0 amide bonds. The number of fused-ring (bicyclic) bond motifs is 10. The second-order valence-corrected chi connectivity index (χ2v) is 11.7. The van der Waals surface area contributed by atoms with Crippen molar-refractivity contribution in [3.63, 3.8) is 0 Å². The second kappa shape index (κ2) is 9.22. The van der Waals surface area contributed by atoms with E-state index in [1.165, 1.54) is 38.5 Å². The average molecular weight is 576 g/mol. The highest BCUT2D eigenvalue weighted by Gasteiger charge is 2.18. The number of benzene rings is 7. The maximum absolute atomic E-state index is 6.63. The van der Waals surface area contributed by atoms with Crippen LogP contribution in [0.2, 0.25) is 0 Å². The van der Waals surface area contributed by atoms with Gasteiger partial charge in [-0.15, -0.1) is 0 Å². The van der Waals surface area contributed by atoms with Crippen molar-refractivity contribution in [2.45, 2.75) is 0 Å². The van der Waals surface area contributed by atoms with E-state index in [2.05, 4.69) is 156 Å². The molecule has 0 saturated heterocycles. The Kier molecular flexibility index (Phi) is 5.00. The summed E-state index contributed by atoms with van der Waals surface area (Å²) in [5.74, 6) is 0. The summed E-state index contributed by atoms with van der Waals surface area (Å²) in [4.78, 5) is 0. The van der Waals surface area contributed by atoms with E-state index in [-0.39, 0.29) is 0 Å². The first kappa shape index (κ1) is 24.4. The SMILES string of the molecule is c1ccc(-c2cccc(-c3ccc4oc5ccc6c7cc(-n8c9ccccc9c9ccccc98)ccc7oc6c5c4c3)c2)cc1. The minimum absolute atomic E-state index is 0.828. The van der Waals surface area contributed by atoms with Crippen LogP contribution in [0.4, 0.5) is 0 Å². The fourth-order valence-corrected chi connectivity index (χ4v) is 7.11. The molecule has 3 heteroatoms. The third-order valence-electron chi connectivity index (χ3n) is 9.19. The quantitative estimate of drug-likeness (QED) is 0.210. The smallest absolute Gasteiger partial charge is 0.147 e. The number of hydrogen-bond acceptors (Lipinski definition) is 2. The lowest BCUT2D eigenvalue weighted by Crippen LogP contribution is -1.93. The summed E-state index contributed by atoms with van der Waals surface area (Å²) in [5.41, 5.74) is 11.6. The highest BCUT2D eigenvalue weighted by molar-refractivity contribution is 6.22. The number of para-hydroxylation sites is 2. The molecule has 0 spiro atoms. The van der Waals surface area contributed by atoms with Crippen LogP contribution in [0.1, 0.15) is 0 Å². The van der Waals surface area contributed by atoms with E-state index in [4.69, 9.17) is 8.83 Å². The van der Waals surface area contributed by atoms with Crippen LogP contribution in [-0.4, -0.2) is 4.57 Å². The largest absolute Gasteiger partial charge is 0.456 e. The lowest BCUT2D eigenvalue weighted by Gasteiger charge is -2.07. The predicted octanol–water partition coefficient (Wildman–Crippen LogP) is 11.9. The molecule has 0 unspecified atom stereocenters. The van der Waals surface area contributed by atoms with Gasteiger partial charge in [0.05, 0.1) is 16.4 Å². The Balaban J connectivity index is 1.17. The van der Waals surface area contributed by atoms with Crippen molar-refractivity contribution in [3.05, 3.63) is 152 Å². The normalized spacial score (nSPS) is 12.0. The van der Waals surface area contributed by atoms with E-state index in [1.54, 1.807) is 0 Å². The molecule has 10 aromatic rings. The number of hydrogen-bond donors (Lipinski definition) is 0. The van der Waals surface area contributed by atoms with Gasteiger partial charge in [0.15, 0.2) is 0 Å². The zero-order chi connectivity index (χ0) is 29.5. The van der Waals surface area contributed by atoms with Crippen LogP contribution in [0.3, 0.4) is 0 Å². The number of nitrogens with zero attached hydrogens (tertiary/aromatic N) is 1. The molecule has 0 atom stereocenters. The zero-order valence-electron chi connectivity index (χ0n) is 24.2. The van der Waals surface area contributed by atoms with E-state index < -0.39 is 0 Å². The number of aromatic nitrogens is 1. The van der Waals surface area contributed by atoms with Crippen molar-refractivity contribution in [2.24, 2.45) is 0 Å². The maximum atomic E-state index is 6.63. The summed E-state index contributed by atoms with van der Waals surface area (Å²) in [6.45, 7) is 0. The molecule has 3 nitrogen and oxygen atoms in total. The lowest BCUT2D eigenvalue weighted by molar-refractivity contribution is 0.663. The fourth-order valence-electron chi connectivity index (χ4n) is 7.11. The summed E-state index contributed by atoms with van der Waals surface area (Å²) in [5, 5.41) is 6.74. The first-order chi connectivity index (χ1) is 22.3. The molecule has 3 aromatic heterocycles. The molecule has 10 rings (SSSR count). The van der Waals surface area contributed by atoms with Crippen LogP contribution in [0, 0.1) is 0 Å². The maximum Gasteiger partial charge on any atom is 0.147 e. The molecule has 7 aromatic carbocycles. The molecule has 3 heterocycles. The van der Waals surface area contributed by atoms with E-state index in [0.717, 1.165) is 55.1 Å². The van der Waals surface area contributed by atoms with Gasteiger partial charge in [-0.25, -0.2) is 0 Å². The summed E-state index contributed by atoms with van der Waals surface area (Å²) in [6.07, 6.45) is 0. The van der Waals surface area contributed by atoms with Crippen molar-refractivity contribution in [3.8, 4) is 27.9 Å². The van der Waals surface area contributed by atoms with Crippen LogP contribution >= 0.6 is 0 Å². The Morgan fingerprint density at radius 3 is 1.78 bits per heavy atom. The zero-order valence-corrected chi connectivity index (χ0v) is 24.2. The highest BCUT2D eigenvalue weighted by Crippen LogP contribution is 2.42. The monoisotopic (exact) mass is 575 g/mol. The summed E-state index contributed by atoms with van der Waals surface area (Å²) in [6, 6.07) is 53.6.